The highest BCUT2D eigenvalue weighted by molar-refractivity contribution is 7.18. The topological polar surface area (TPSA) is 64.8 Å². The number of nitrogens with one attached hydrogen (secondary N) is 1. The van der Waals surface area contributed by atoms with Gasteiger partial charge >= 0.3 is 6.18 Å². The summed E-state index contributed by atoms with van der Waals surface area (Å²) in [6, 6.07) is 11.4. The zero-order valence-electron chi connectivity index (χ0n) is 16.8. The number of hydrogen-bond donors (Lipinski definition) is 1. The Morgan fingerprint density at radius 3 is 2.58 bits per heavy atom. The van der Waals surface area contributed by atoms with Gasteiger partial charge in [0, 0.05) is 18.0 Å². The van der Waals surface area contributed by atoms with Gasteiger partial charge in [-0.15, -0.1) is 11.3 Å². The van der Waals surface area contributed by atoms with E-state index in [1.807, 2.05) is 24.3 Å². The maximum absolute atomic E-state index is 12.7. The Labute approximate surface area is 182 Å². The zero-order chi connectivity index (χ0) is 21.8. The standard InChI is InChI=1S/C22H22F3N5S/c23-22(24,25)10-18-9-19-20(28-14-29-21(19)31-18)27-12-16-5-7-30(8-6-16)13-17-3-1-15(11-26)2-4-17/h1-4,9,14,16H,5-8,10,12-13H2,(H,27,28,29). The Bertz CT molecular complexity index is 1060. The van der Waals surface area contributed by atoms with E-state index in [0.29, 0.717) is 27.5 Å². The van der Waals surface area contributed by atoms with Gasteiger partial charge in [0.1, 0.15) is 17.0 Å². The Morgan fingerprint density at radius 2 is 1.90 bits per heavy atom. The van der Waals surface area contributed by atoms with Gasteiger partial charge in [-0.25, -0.2) is 9.97 Å². The Kier molecular flexibility index (Phi) is 6.39. The maximum Gasteiger partial charge on any atom is 0.393 e. The molecule has 1 saturated heterocycles. The first-order valence-electron chi connectivity index (χ1n) is 10.1. The monoisotopic (exact) mass is 445 g/mol. The molecule has 1 N–H and O–H groups in total. The van der Waals surface area contributed by atoms with E-state index in [1.165, 1.54) is 11.9 Å². The van der Waals surface area contributed by atoms with Crippen molar-refractivity contribution >= 4 is 27.4 Å². The quantitative estimate of drug-likeness (QED) is 0.579. The number of fused-ring (bicyclic) bond motifs is 1. The molecule has 0 amide bonds. The van der Waals surface area contributed by atoms with E-state index in [0.717, 1.165) is 50.4 Å². The van der Waals surface area contributed by atoms with Crippen molar-refractivity contribution in [2.75, 3.05) is 25.0 Å². The summed E-state index contributed by atoms with van der Waals surface area (Å²) in [7, 11) is 0. The summed E-state index contributed by atoms with van der Waals surface area (Å²) in [5.41, 5.74) is 1.87. The smallest absolute Gasteiger partial charge is 0.369 e. The van der Waals surface area contributed by atoms with Crippen molar-refractivity contribution in [3.63, 3.8) is 0 Å². The summed E-state index contributed by atoms with van der Waals surface area (Å²) in [4.78, 5) is 11.6. The van der Waals surface area contributed by atoms with Crippen LogP contribution in [0.1, 0.15) is 28.8 Å². The predicted molar refractivity (Wildman–Crippen MR) is 115 cm³/mol. The number of alkyl halides is 3. The van der Waals surface area contributed by atoms with Crippen molar-refractivity contribution in [3.05, 3.63) is 52.7 Å². The molecule has 0 saturated carbocycles. The fourth-order valence-electron chi connectivity index (χ4n) is 3.86. The molecule has 0 bridgehead atoms. The minimum absolute atomic E-state index is 0.252. The summed E-state index contributed by atoms with van der Waals surface area (Å²) in [5.74, 6) is 1.09. The van der Waals surface area contributed by atoms with Crippen molar-refractivity contribution in [2.24, 2.45) is 5.92 Å². The third-order valence-electron chi connectivity index (χ3n) is 5.51. The molecule has 0 spiro atoms. The number of benzene rings is 1. The normalized spacial score (nSPS) is 15.8. The summed E-state index contributed by atoms with van der Waals surface area (Å²) < 4.78 is 38.1. The second kappa shape index (κ2) is 9.20. The number of likely N-dealkylation sites (tertiary alicyclic amines) is 1. The first-order valence-corrected chi connectivity index (χ1v) is 11.0. The molecule has 9 heteroatoms. The number of nitrogens with zero attached hydrogens (tertiary/aromatic N) is 4. The maximum atomic E-state index is 12.7. The lowest BCUT2D eigenvalue weighted by Crippen LogP contribution is -2.35. The van der Waals surface area contributed by atoms with Crippen molar-refractivity contribution in [3.8, 4) is 6.07 Å². The SMILES string of the molecule is N#Cc1ccc(CN2CCC(CNc3ncnc4sc(CC(F)(F)F)cc34)CC2)cc1. The second-order valence-electron chi connectivity index (χ2n) is 7.85. The van der Waals surface area contributed by atoms with E-state index in [-0.39, 0.29) is 4.88 Å². The molecule has 5 nitrogen and oxygen atoms in total. The summed E-state index contributed by atoms with van der Waals surface area (Å²) in [5, 5.41) is 12.9. The predicted octanol–water partition coefficient (Wildman–Crippen LogP) is 4.99. The first kappa shape index (κ1) is 21.5. The minimum Gasteiger partial charge on any atom is -0.369 e. The van der Waals surface area contributed by atoms with E-state index < -0.39 is 12.6 Å². The first-order chi connectivity index (χ1) is 14.9. The van der Waals surface area contributed by atoms with Gasteiger partial charge in [-0.05, 0) is 55.6 Å². The molecular formula is C22H22F3N5S. The molecule has 0 unspecified atom stereocenters. The van der Waals surface area contributed by atoms with Crippen LogP contribution in [0.4, 0.5) is 19.0 Å². The molecule has 0 radical (unpaired) electrons. The Balaban J connectivity index is 1.30. The van der Waals surface area contributed by atoms with Gasteiger partial charge in [0.15, 0.2) is 0 Å². The van der Waals surface area contributed by atoms with Crippen molar-refractivity contribution in [1.29, 1.82) is 5.26 Å². The number of hydrogen-bond acceptors (Lipinski definition) is 6. The lowest BCUT2D eigenvalue weighted by Gasteiger charge is -2.32. The van der Waals surface area contributed by atoms with Crippen LogP contribution in [0.5, 0.6) is 0 Å². The van der Waals surface area contributed by atoms with Gasteiger partial charge < -0.3 is 5.32 Å². The van der Waals surface area contributed by atoms with Crippen LogP contribution in [0.15, 0.2) is 36.7 Å². The number of anilines is 1. The van der Waals surface area contributed by atoms with Crippen LogP contribution in [0.2, 0.25) is 0 Å². The van der Waals surface area contributed by atoms with Gasteiger partial charge in [-0.2, -0.15) is 18.4 Å². The van der Waals surface area contributed by atoms with E-state index in [2.05, 4.69) is 26.3 Å². The molecule has 1 fully saturated rings. The molecule has 4 rings (SSSR count). The molecule has 0 atom stereocenters. The van der Waals surface area contributed by atoms with Crippen LogP contribution in [0.25, 0.3) is 10.2 Å². The third-order valence-corrected chi connectivity index (χ3v) is 6.55. The lowest BCUT2D eigenvalue weighted by molar-refractivity contribution is -0.126. The average Bonchev–Trinajstić information content (AvgIpc) is 3.15. The van der Waals surface area contributed by atoms with Crippen LogP contribution >= 0.6 is 11.3 Å². The van der Waals surface area contributed by atoms with E-state index in [1.54, 1.807) is 6.07 Å². The molecule has 1 aliphatic heterocycles. The molecule has 0 aliphatic carbocycles. The summed E-state index contributed by atoms with van der Waals surface area (Å²) in [6.45, 7) is 3.58. The number of rotatable bonds is 6. The highest BCUT2D eigenvalue weighted by Gasteiger charge is 2.29. The lowest BCUT2D eigenvalue weighted by atomic mass is 9.96. The van der Waals surface area contributed by atoms with Crippen molar-refractivity contribution in [1.82, 2.24) is 14.9 Å². The highest BCUT2D eigenvalue weighted by atomic mass is 32.1. The van der Waals surface area contributed by atoms with Gasteiger partial charge in [0.2, 0.25) is 0 Å². The van der Waals surface area contributed by atoms with E-state index in [9.17, 15) is 13.2 Å². The number of piperidine rings is 1. The molecular weight excluding hydrogens is 423 g/mol. The van der Waals surface area contributed by atoms with Crippen molar-refractivity contribution in [2.45, 2.75) is 32.0 Å². The Morgan fingerprint density at radius 1 is 1.16 bits per heavy atom. The molecule has 1 aliphatic rings. The molecule has 31 heavy (non-hydrogen) atoms. The zero-order valence-corrected chi connectivity index (χ0v) is 17.6. The second-order valence-corrected chi connectivity index (χ2v) is 8.97. The molecule has 3 heterocycles. The highest BCUT2D eigenvalue weighted by Crippen LogP contribution is 2.32. The number of halogens is 3. The van der Waals surface area contributed by atoms with Gasteiger partial charge in [-0.1, -0.05) is 12.1 Å². The molecule has 1 aromatic carbocycles. The molecule has 162 valence electrons. The molecule has 2 aromatic heterocycles. The fraction of sp³-hybridized carbons (Fsp3) is 0.409. The van der Waals surface area contributed by atoms with Crippen LogP contribution in [-0.2, 0) is 13.0 Å². The average molecular weight is 446 g/mol. The van der Waals surface area contributed by atoms with Crippen LogP contribution in [-0.4, -0.2) is 40.7 Å². The van der Waals surface area contributed by atoms with Gasteiger partial charge in [0.05, 0.1) is 23.4 Å². The van der Waals surface area contributed by atoms with Crippen LogP contribution in [0, 0.1) is 17.2 Å². The third kappa shape index (κ3) is 5.71. The molecule has 3 aromatic rings. The van der Waals surface area contributed by atoms with E-state index in [4.69, 9.17) is 5.26 Å². The number of thiophene rings is 1. The van der Waals surface area contributed by atoms with E-state index >= 15 is 0 Å². The van der Waals surface area contributed by atoms with Gasteiger partial charge in [0.25, 0.3) is 0 Å². The van der Waals surface area contributed by atoms with Gasteiger partial charge in [-0.3, -0.25) is 4.90 Å². The van der Waals surface area contributed by atoms with Crippen molar-refractivity contribution < 1.29 is 13.2 Å². The minimum atomic E-state index is -4.23. The fourth-order valence-corrected chi connectivity index (χ4v) is 4.89. The summed E-state index contributed by atoms with van der Waals surface area (Å²) >= 11 is 1.07. The van der Waals surface area contributed by atoms with Crippen LogP contribution in [0.3, 0.4) is 0 Å². The van der Waals surface area contributed by atoms with Crippen LogP contribution < -0.4 is 5.32 Å². The number of aromatic nitrogens is 2. The Hall–Kier alpha value is -2.70. The largest absolute Gasteiger partial charge is 0.393 e. The summed E-state index contributed by atoms with van der Waals surface area (Å²) in [6.07, 6.45) is -1.68. The number of nitriles is 1.